The van der Waals surface area contributed by atoms with E-state index >= 15 is 0 Å². The topological polar surface area (TPSA) is 18.5 Å². The summed E-state index contributed by atoms with van der Waals surface area (Å²) in [6.07, 6.45) is 9.15. The monoisotopic (exact) mass is 390 g/mol. The molecule has 0 N–H and O–H groups in total. The van der Waals surface area contributed by atoms with Crippen LogP contribution in [0.3, 0.4) is 0 Å². The molecular weight excluding hydrogens is 358 g/mol. The highest BCUT2D eigenvalue weighted by molar-refractivity contribution is 5.86. The third-order valence-corrected chi connectivity index (χ3v) is 5.86. The van der Waals surface area contributed by atoms with Gasteiger partial charge in [-0.25, -0.2) is 4.39 Å². The zero-order valence-corrected chi connectivity index (χ0v) is 17.1. The molecule has 0 amide bonds. The summed E-state index contributed by atoms with van der Waals surface area (Å²) < 4.78 is 40.5. The molecule has 0 atom stereocenters. The van der Waals surface area contributed by atoms with E-state index in [2.05, 4.69) is 13.8 Å². The second-order valence-electron chi connectivity index (χ2n) is 8.07. The Morgan fingerprint density at radius 2 is 1.64 bits per heavy atom. The first-order chi connectivity index (χ1) is 13.6. The molecule has 3 rings (SSSR count). The van der Waals surface area contributed by atoms with Gasteiger partial charge in [-0.3, -0.25) is 0 Å². The average molecular weight is 391 g/mol. The van der Waals surface area contributed by atoms with Crippen molar-refractivity contribution >= 4 is 10.8 Å². The molecule has 0 spiro atoms. The summed E-state index contributed by atoms with van der Waals surface area (Å²) in [7, 11) is 0. The Labute approximate surface area is 167 Å². The summed E-state index contributed by atoms with van der Waals surface area (Å²) >= 11 is 0. The summed E-state index contributed by atoms with van der Waals surface area (Å²) in [6.45, 7) is 5.34. The second-order valence-corrected chi connectivity index (χ2v) is 8.07. The normalized spacial score (nSPS) is 19.7. The van der Waals surface area contributed by atoms with Gasteiger partial charge < -0.3 is 9.47 Å². The van der Waals surface area contributed by atoms with E-state index in [1.165, 1.54) is 25.7 Å². The van der Waals surface area contributed by atoms with Crippen LogP contribution in [0.15, 0.2) is 24.3 Å². The van der Waals surface area contributed by atoms with Crippen molar-refractivity contribution in [2.45, 2.75) is 65.2 Å². The summed E-state index contributed by atoms with van der Waals surface area (Å²) in [5.41, 5.74) is 0. The molecule has 1 saturated carbocycles. The van der Waals surface area contributed by atoms with Crippen molar-refractivity contribution in [3.05, 3.63) is 35.9 Å². The third kappa shape index (κ3) is 5.15. The zero-order valence-electron chi connectivity index (χ0n) is 17.1. The largest absolute Gasteiger partial charge is 0.494 e. The van der Waals surface area contributed by atoms with Crippen LogP contribution >= 0.6 is 0 Å². The SMILES string of the molecule is CCCCOc1ccc2cc(OC[C@H]3CC[C@H](CCC)CC3)c(F)c(F)c2c1. The Balaban J connectivity index is 1.65. The Hall–Kier alpha value is -1.84. The fourth-order valence-electron chi connectivity index (χ4n) is 4.11. The predicted octanol–water partition coefficient (Wildman–Crippen LogP) is 7.28. The number of hydrogen-bond donors (Lipinski definition) is 0. The molecule has 0 radical (unpaired) electrons. The van der Waals surface area contributed by atoms with E-state index in [4.69, 9.17) is 9.47 Å². The van der Waals surface area contributed by atoms with E-state index < -0.39 is 11.6 Å². The van der Waals surface area contributed by atoms with E-state index in [0.717, 1.165) is 31.6 Å². The van der Waals surface area contributed by atoms with Crippen molar-refractivity contribution in [3.63, 3.8) is 0 Å². The highest BCUT2D eigenvalue weighted by atomic mass is 19.2. The Kier molecular flexibility index (Phi) is 7.52. The molecule has 0 aliphatic heterocycles. The first-order valence-corrected chi connectivity index (χ1v) is 10.8. The van der Waals surface area contributed by atoms with E-state index in [9.17, 15) is 8.78 Å². The number of fused-ring (bicyclic) bond motifs is 1. The molecule has 0 unspecified atom stereocenters. The molecule has 2 aromatic rings. The molecule has 28 heavy (non-hydrogen) atoms. The van der Waals surface area contributed by atoms with Crippen LogP contribution in [0, 0.1) is 23.5 Å². The van der Waals surface area contributed by atoms with Gasteiger partial charge in [0.1, 0.15) is 5.75 Å². The predicted molar refractivity (Wildman–Crippen MR) is 110 cm³/mol. The lowest BCUT2D eigenvalue weighted by Gasteiger charge is -2.28. The fourth-order valence-corrected chi connectivity index (χ4v) is 4.11. The maximum absolute atomic E-state index is 14.6. The minimum Gasteiger partial charge on any atom is -0.494 e. The minimum absolute atomic E-state index is 0.0142. The fraction of sp³-hybridized carbons (Fsp3) is 0.583. The summed E-state index contributed by atoms with van der Waals surface area (Å²) in [5, 5.41) is 0.863. The third-order valence-electron chi connectivity index (χ3n) is 5.86. The average Bonchev–Trinajstić information content (AvgIpc) is 2.71. The molecular formula is C24H32F2O2. The summed E-state index contributed by atoms with van der Waals surface area (Å²) in [5.74, 6) is 0.0699. The van der Waals surface area contributed by atoms with Gasteiger partial charge in [-0.05, 0) is 54.7 Å². The maximum Gasteiger partial charge on any atom is 0.201 e. The van der Waals surface area contributed by atoms with Gasteiger partial charge >= 0.3 is 0 Å². The van der Waals surface area contributed by atoms with Crippen LogP contribution in [0.2, 0.25) is 0 Å². The quantitative estimate of drug-likeness (QED) is 0.419. The van der Waals surface area contributed by atoms with Crippen molar-refractivity contribution in [2.24, 2.45) is 11.8 Å². The number of ether oxygens (including phenoxy) is 2. The molecule has 154 valence electrons. The molecule has 0 saturated heterocycles. The van der Waals surface area contributed by atoms with Gasteiger partial charge in [-0.15, -0.1) is 0 Å². The van der Waals surface area contributed by atoms with E-state index in [1.54, 1.807) is 24.3 Å². The molecule has 0 aromatic heterocycles. The Morgan fingerprint density at radius 1 is 0.893 bits per heavy atom. The summed E-state index contributed by atoms with van der Waals surface area (Å²) in [6, 6.07) is 6.74. The standard InChI is InChI=1S/C24H32F2O2/c1-3-5-13-27-20-12-11-19-14-22(24(26)23(25)21(19)15-20)28-16-18-9-7-17(6-4-2)8-10-18/h11-12,14-15,17-18H,3-10,13,16H2,1-2H3/t17-,18-. The molecule has 0 bridgehead atoms. The van der Waals surface area contributed by atoms with E-state index in [-0.39, 0.29) is 11.1 Å². The van der Waals surface area contributed by atoms with Crippen molar-refractivity contribution in [3.8, 4) is 11.5 Å². The van der Waals surface area contributed by atoms with Crippen LogP contribution in [-0.4, -0.2) is 13.2 Å². The van der Waals surface area contributed by atoms with Gasteiger partial charge in [0.2, 0.25) is 5.82 Å². The lowest BCUT2D eigenvalue weighted by molar-refractivity contribution is 0.173. The van der Waals surface area contributed by atoms with Crippen molar-refractivity contribution < 1.29 is 18.3 Å². The molecule has 1 aliphatic carbocycles. The summed E-state index contributed by atoms with van der Waals surface area (Å²) in [4.78, 5) is 0. The molecule has 2 aromatic carbocycles. The minimum atomic E-state index is -0.905. The first-order valence-electron chi connectivity index (χ1n) is 10.8. The highest BCUT2D eigenvalue weighted by Crippen LogP contribution is 2.34. The van der Waals surface area contributed by atoms with Gasteiger partial charge in [0.25, 0.3) is 0 Å². The number of hydrogen-bond acceptors (Lipinski definition) is 2. The van der Waals surface area contributed by atoms with E-state index in [0.29, 0.717) is 30.3 Å². The molecule has 2 nitrogen and oxygen atoms in total. The lowest BCUT2D eigenvalue weighted by atomic mass is 9.80. The number of rotatable bonds is 9. The van der Waals surface area contributed by atoms with Crippen molar-refractivity contribution in [2.75, 3.05) is 13.2 Å². The van der Waals surface area contributed by atoms with Crippen LogP contribution in [0.1, 0.15) is 65.2 Å². The zero-order chi connectivity index (χ0) is 19.9. The van der Waals surface area contributed by atoms with Crippen LogP contribution in [0.25, 0.3) is 10.8 Å². The Bertz CT molecular complexity index is 767. The van der Waals surface area contributed by atoms with Crippen LogP contribution < -0.4 is 9.47 Å². The molecule has 0 heterocycles. The van der Waals surface area contributed by atoms with E-state index in [1.807, 2.05) is 0 Å². The smallest absolute Gasteiger partial charge is 0.201 e. The number of halogens is 2. The van der Waals surface area contributed by atoms with Crippen LogP contribution in [-0.2, 0) is 0 Å². The van der Waals surface area contributed by atoms with Crippen LogP contribution in [0.5, 0.6) is 11.5 Å². The molecule has 4 heteroatoms. The maximum atomic E-state index is 14.6. The molecule has 1 fully saturated rings. The van der Waals surface area contributed by atoms with Crippen molar-refractivity contribution in [1.82, 2.24) is 0 Å². The van der Waals surface area contributed by atoms with Gasteiger partial charge in [-0.1, -0.05) is 52.0 Å². The second kappa shape index (κ2) is 10.1. The van der Waals surface area contributed by atoms with Gasteiger partial charge in [0.15, 0.2) is 11.6 Å². The lowest BCUT2D eigenvalue weighted by Crippen LogP contribution is -2.20. The first kappa shape index (κ1) is 20.9. The van der Waals surface area contributed by atoms with Gasteiger partial charge in [-0.2, -0.15) is 4.39 Å². The van der Waals surface area contributed by atoms with Gasteiger partial charge in [0, 0.05) is 5.39 Å². The van der Waals surface area contributed by atoms with Crippen LogP contribution in [0.4, 0.5) is 8.78 Å². The molecule has 1 aliphatic rings. The highest BCUT2D eigenvalue weighted by Gasteiger charge is 2.22. The number of unbranched alkanes of at least 4 members (excludes halogenated alkanes) is 1. The Morgan fingerprint density at radius 3 is 2.36 bits per heavy atom. The van der Waals surface area contributed by atoms with Gasteiger partial charge in [0.05, 0.1) is 13.2 Å². The number of benzene rings is 2. The van der Waals surface area contributed by atoms with Crippen molar-refractivity contribution in [1.29, 1.82) is 0 Å².